The van der Waals surface area contributed by atoms with E-state index in [1.165, 1.54) is 109 Å². The molecule has 0 aromatic rings. The molecule has 0 rings (SSSR count). The Balaban J connectivity index is 3.09. The van der Waals surface area contributed by atoms with E-state index in [2.05, 4.69) is 25.8 Å². The normalized spacial score (nSPS) is 12.9. The number of alkyl halides is 1. The molecule has 0 aliphatic heterocycles. The third-order valence-electron chi connectivity index (χ3n) is 5.04. The van der Waals surface area contributed by atoms with Gasteiger partial charge in [0.2, 0.25) is 0 Å². The summed E-state index contributed by atoms with van der Waals surface area (Å²) in [6, 6.07) is 0. The highest BCUT2D eigenvalue weighted by Crippen LogP contribution is 2.13. The van der Waals surface area contributed by atoms with Crippen molar-refractivity contribution in [2.45, 2.75) is 122 Å². The van der Waals surface area contributed by atoms with Gasteiger partial charge in [-0.05, 0) is 46.3 Å². The zero-order chi connectivity index (χ0) is 17.9. The Morgan fingerprint density at radius 2 is 1.00 bits per heavy atom. The van der Waals surface area contributed by atoms with E-state index in [0.29, 0.717) is 5.38 Å². The standard InChI is InChI=1S/C22H46ClN/c1-4-5-6-7-8-9-10-11-12-13-14-15-16-17-20-24(3)21-18-19-22(2)23/h22H,4-21H2,1-3H3. The van der Waals surface area contributed by atoms with E-state index < -0.39 is 0 Å². The zero-order valence-electron chi connectivity index (χ0n) is 17.1. The number of halogens is 1. The van der Waals surface area contributed by atoms with Crippen LogP contribution in [0.3, 0.4) is 0 Å². The van der Waals surface area contributed by atoms with Crippen LogP contribution in [-0.4, -0.2) is 30.4 Å². The molecular formula is C22H46ClN. The van der Waals surface area contributed by atoms with Gasteiger partial charge in [0.15, 0.2) is 0 Å². The molecule has 0 saturated carbocycles. The van der Waals surface area contributed by atoms with Crippen LogP contribution in [0.2, 0.25) is 0 Å². The van der Waals surface area contributed by atoms with E-state index in [4.69, 9.17) is 11.6 Å². The van der Waals surface area contributed by atoms with E-state index in [1.807, 2.05) is 0 Å². The maximum Gasteiger partial charge on any atom is 0.0308 e. The maximum absolute atomic E-state index is 5.98. The Labute approximate surface area is 158 Å². The van der Waals surface area contributed by atoms with Gasteiger partial charge in [0.1, 0.15) is 0 Å². The first-order valence-electron chi connectivity index (χ1n) is 11.0. The Morgan fingerprint density at radius 3 is 1.42 bits per heavy atom. The lowest BCUT2D eigenvalue weighted by atomic mass is 10.0. The van der Waals surface area contributed by atoms with E-state index in [1.54, 1.807) is 0 Å². The van der Waals surface area contributed by atoms with Crippen LogP contribution in [0.1, 0.15) is 117 Å². The summed E-state index contributed by atoms with van der Waals surface area (Å²) in [5, 5.41) is 0.333. The van der Waals surface area contributed by atoms with Crippen LogP contribution in [0, 0.1) is 0 Å². The predicted molar refractivity (Wildman–Crippen MR) is 112 cm³/mol. The van der Waals surface area contributed by atoms with Gasteiger partial charge in [-0.3, -0.25) is 0 Å². The van der Waals surface area contributed by atoms with E-state index in [-0.39, 0.29) is 0 Å². The largest absolute Gasteiger partial charge is 0.306 e. The van der Waals surface area contributed by atoms with Crippen molar-refractivity contribution in [3.05, 3.63) is 0 Å². The van der Waals surface area contributed by atoms with E-state index >= 15 is 0 Å². The van der Waals surface area contributed by atoms with Gasteiger partial charge in [-0.1, -0.05) is 90.4 Å². The summed E-state index contributed by atoms with van der Waals surface area (Å²) in [5.74, 6) is 0. The average Bonchev–Trinajstić information content (AvgIpc) is 2.55. The molecule has 24 heavy (non-hydrogen) atoms. The molecule has 0 bridgehead atoms. The minimum Gasteiger partial charge on any atom is -0.306 e. The Bertz CT molecular complexity index is 230. The van der Waals surface area contributed by atoms with Crippen molar-refractivity contribution < 1.29 is 0 Å². The SMILES string of the molecule is CCCCCCCCCCCCCCCCN(C)CCCC(C)Cl. The second-order valence-corrected chi connectivity index (χ2v) is 8.57. The number of hydrogen-bond donors (Lipinski definition) is 0. The summed E-state index contributed by atoms with van der Waals surface area (Å²) in [7, 11) is 2.25. The molecule has 0 aromatic heterocycles. The number of unbranched alkanes of at least 4 members (excludes halogenated alkanes) is 13. The lowest BCUT2D eigenvalue weighted by molar-refractivity contribution is 0.316. The first-order valence-corrected chi connectivity index (χ1v) is 11.4. The lowest BCUT2D eigenvalue weighted by Crippen LogP contribution is -2.21. The highest BCUT2D eigenvalue weighted by atomic mass is 35.5. The Kier molecular flexibility index (Phi) is 19.8. The van der Waals surface area contributed by atoms with Crippen LogP contribution in [-0.2, 0) is 0 Å². The first-order chi connectivity index (χ1) is 11.7. The lowest BCUT2D eigenvalue weighted by Gasteiger charge is -2.16. The van der Waals surface area contributed by atoms with Gasteiger partial charge in [0.25, 0.3) is 0 Å². The fourth-order valence-electron chi connectivity index (χ4n) is 3.33. The molecule has 0 radical (unpaired) electrons. The van der Waals surface area contributed by atoms with Gasteiger partial charge in [-0.2, -0.15) is 0 Å². The third-order valence-corrected chi connectivity index (χ3v) is 5.25. The summed E-state index contributed by atoms with van der Waals surface area (Å²) in [4.78, 5) is 2.47. The molecule has 0 heterocycles. The predicted octanol–water partition coefficient (Wildman–Crippen LogP) is 7.81. The molecule has 2 heteroatoms. The minimum absolute atomic E-state index is 0.333. The molecule has 0 aromatic carbocycles. The molecule has 0 aliphatic rings. The van der Waals surface area contributed by atoms with Gasteiger partial charge in [0.05, 0.1) is 0 Å². The van der Waals surface area contributed by atoms with Gasteiger partial charge >= 0.3 is 0 Å². The van der Waals surface area contributed by atoms with Gasteiger partial charge < -0.3 is 4.90 Å². The molecule has 1 atom stereocenters. The average molecular weight is 360 g/mol. The van der Waals surface area contributed by atoms with Crippen molar-refractivity contribution in [2.24, 2.45) is 0 Å². The molecule has 0 aliphatic carbocycles. The fourth-order valence-corrected chi connectivity index (χ4v) is 3.48. The summed E-state index contributed by atoms with van der Waals surface area (Å²) < 4.78 is 0. The van der Waals surface area contributed by atoms with Crippen molar-refractivity contribution in [1.82, 2.24) is 4.90 Å². The molecule has 0 amide bonds. The summed E-state index contributed by atoms with van der Waals surface area (Å²) >= 11 is 5.98. The van der Waals surface area contributed by atoms with E-state index in [0.717, 1.165) is 6.42 Å². The van der Waals surface area contributed by atoms with Crippen LogP contribution in [0.5, 0.6) is 0 Å². The van der Waals surface area contributed by atoms with Crippen LogP contribution in [0.15, 0.2) is 0 Å². The van der Waals surface area contributed by atoms with Crippen molar-refractivity contribution in [3.63, 3.8) is 0 Å². The molecule has 0 N–H and O–H groups in total. The van der Waals surface area contributed by atoms with Crippen LogP contribution in [0.4, 0.5) is 0 Å². The second-order valence-electron chi connectivity index (χ2n) is 7.82. The molecule has 0 saturated heterocycles. The molecule has 0 spiro atoms. The molecule has 1 nitrogen and oxygen atoms in total. The minimum atomic E-state index is 0.333. The number of rotatable bonds is 19. The van der Waals surface area contributed by atoms with Crippen LogP contribution in [0.25, 0.3) is 0 Å². The van der Waals surface area contributed by atoms with Crippen LogP contribution >= 0.6 is 11.6 Å². The Morgan fingerprint density at radius 1 is 0.625 bits per heavy atom. The van der Waals surface area contributed by atoms with Crippen molar-refractivity contribution in [2.75, 3.05) is 20.1 Å². The summed E-state index contributed by atoms with van der Waals surface area (Å²) in [6.07, 6.45) is 22.6. The third kappa shape index (κ3) is 20.3. The highest BCUT2D eigenvalue weighted by molar-refractivity contribution is 6.20. The maximum atomic E-state index is 5.98. The number of nitrogens with zero attached hydrogens (tertiary/aromatic N) is 1. The monoisotopic (exact) mass is 359 g/mol. The molecule has 1 unspecified atom stereocenters. The zero-order valence-corrected chi connectivity index (χ0v) is 17.9. The summed E-state index contributed by atoms with van der Waals surface area (Å²) in [5.41, 5.74) is 0. The van der Waals surface area contributed by atoms with Crippen molar-refractivity contribution >= 4 is 11.6 Å². The molecule has 0 fully saturated rings. The second kappa shape index (κ2) is 19.6. The highest BCUT2D eigenvalue weighted by Gasteiger charge is 2.01. The smallest absolute Gasteiger partial charge is 0.0308 e. The molecular weight excluding hydrogens is 314 g/mol. The van der Waals surface area contributed by atoms with Gasteiger partial charge in [0, 0.05) is 5.38 Å². The quantitative estimate of drug-likeness (QED) is 0.168. The van der Waals surface area contributed by atoms with E-state index in [9.17, 15) is 0 Å². The van der Waals surface area contributed by atoms with Gasteiger partial charge in [-0.15, -0.1) is 11.6 Å². The Hall–Kier alpha value is 0.250. The first kappa shape index (κ1) is 24.2. The van der Waals surface area contributed by atoms with Crippen LogP contribution < -0.4 is 0 Å². The van der Waals surface area contributed by atoms with Crippen molar-refractivity contribution in [1.29, 1.82) is 0 Å². The molecule has 146 valence electrons. The fraction of sp³-hybridized carbons (Fsp3) is 1.00. The van der Waals surface area contributed by atoms with Gasteiger partial charge in [-0.25, -0.2) is 0 Å². The van der Waals surface area contributed by atoms with Crippen molar-refractivity contribution in [3.8, 4) is 0 Å². The number of hydrogen-bond acceptors (Lipinski definition) is 1. The topological polar surface area (TPSA) is 3.24 Å². The summed E-state index contributed by atoms with van der Waals surface area (Å²) in [6.45, 7) is 6.85.